The van der Waals surface area contributed by atoms with Crippen molar-refractivity contribution in [1.82, 2.24) is 5.16 Å². The summed E-state index contributed by atoms with van der Waals surface area (Å²) in [5.74, 6) is -1.69. The van der Waals surface area contributed by atoms with E-state index in [1.807, 2.05) is 0 Å². The normalized spacial score (nSPS) is 12.3. The molecule has 0 saturated heterocycles. The summed E-state index contributed by atoms with van der Waals surface area (Å²) in [7, 11) is 0. The van der Waals surface area contributed by atoms with E-state index < -0.39 is 27.7 Å². The predicted molar refractivity (Wildman–Crippen MR) is 91.5 cm³/mol. The Labute approximate surface area is 148 Å². The molecule has 0 aliphatic carbocycles. The van der Waals surface area contributed by atoms with Gasteiger partial charge in [0, 0.05) is 22.4 Å². The predicted octanol–water partition coefficient (Wildman–Crippen LogP) is 3.73. The number of carbonyl (C=O) groups excluding carboxylic acids is 1. The first kappa shape index (κ1) is 19.4. The van der Waals surface area contributed by atoms with Gasteiger partial charge in [0.2, 0.25) is 11.8 Å². The van der Waals surface area contributed by atoms with Gasteiger partial charge in [-0.25, -0.2) is 8.78 Å². The number of amides is 1. The van der Waals surface area contributed by atoms with Crippen LogP contribution in [0, 0.1) is 11.6 Å². The molecule has 2 aromatic rings. The van der Waals surface area contributed by atoms with E-state index in [1.165, 1.54) is 12.1 Å². The third-order valence-corrected chi connectivity index (χ3v) is 4.89. The molecule has 1 heterocycles. The number of carbonyl (C=O) groups is 1. The number of thioether (sulfide) groups is 1. The number of aromatic nitrogens is 1. The van der Waals surface area contributed by atoms with Gasteiger partial charge in [0.1, 0.15) is 11.6 Å². The number of rotatable bonds is 6. The van der Waals surface area contributed by atoms with Crippen LogP contribution >= 0.6 is 11.8 Å². The summed E-state index contributed by atoms with van der Waals surface area (Å²) >= 11 is 0.970. The summed E-state index contributed by atoms with van der Waals surface area (Å²) in [4.78, 5) is 12.6. The topological polar surface area (TPSA) is 75.4 Å². The minimum Gasteiger partial charge on any atom is -0.395 e. The van der Waals surface area contributed by atoms with Gasteiger partial charge < -0.3 is 9.63 Å². The molecule has 2 N–H and O–H groups in total. The fourth-order valence-electron chi connectivity index (χ4n) is 1.88. The average Bonchev–Trinajstić information content (AvgIpc) is 2.99. The van der Waals surface area contributed by atoms with E-state index in [0.29, 0.717) is 5.69 Å². The van der Waals surface area contributed by atoms with Crippen LogP contribution in [0.25, 0.3) is 0 Å². The highest BCUT2D eigenvalue weighted by atomic mass is 32.2. The summed E-state index contributed by atoms with van der Waals surface area (Å²) < 4.78 is 30.8. The highest BCUT2D eigenvalue weighted by Crippen LogP contribution is 2.35. The Morgan fingerprint density at radius 1 is 1.28 bits per heavy atom. The van der Waals surface area contributed by atoms with E-state index in [9.17, 15) is 18.7 Å². The fraction of sp³-hybridized carbons (Fsp3) is 0.412. The third kappa shape index (κ3) is 4.58. The van der Waals surface area contributed by atoms with Crippen molar-refractivity contribution in [3.8, 4) is 0 Å². The summed E-state index contributed by atoms with van der Waals surface area (Å²) in [5.41, 5.74) is -0.103. The molecule has 0 saturated carbocycles. The lowest BCUT2D eigenvalue weighted by atomic mass is 9.91. The Bertz CT molecular complexity index is 775. The molecular formula is C17H20F2N2O3S. The zero-order valence-corrected chi connectivity index (χ0v) is 15.2. The number of benzene rings is 1. The molecule has 1 aromatic carbocycles. The van der Waals surface area contributed by atoms with Gasteiger partial charge in [-0.2, -0.15) is 0 Å². The second-order valence-corrected chi connectivity index (χ2v) is 8.42. The van der Waals surface area contributed by atoms with Crippen molar-refractivity contribution < 1.29 is 23.2 Å². The van der Waals surface area contributed by atoms with Crippen molar-refractivity contribution in [3.05, 3.63) is 41.6 Å². The lowest BCUT2D eigenvalue weighted by molar-refractivity contribution is -0.117. The molecule has 0 unspecified atom stereocenters. The first-order valence-corrected chi connectivity index (χ1v) is 8.40. The van der Waals surface area contributed by atoms with Crippen molar-refractivity contribution in [2.24, 2.45) is 0 Å². The highest BCUT2D eigenvalue weighted by molar-refractivity contribution is 8.01. The second kappa shape index (κ2) is 7.13. The van der Waals surface area contributed by atoms with Crippen LogP contribution in [0.1, 0.15) is 33.4 Å². The summed E-state index contributed by atoms with van der Waals surface area (Å²) in [5, 5.41) is 15.8. The van der Waals surface area contributed by atoms with Gasteiger partial charge in [0.15, 0.2) is 0 Å². The van der Waals surface area contributed by atoms with E-state index >= 15 is 0 Å². The molecular weight excluding hydrogens is 350 g/mol. The summed E-state index contributed by atoms with van der Waals surface area (Å²) in [6, 6.07) is 4.74. The number of hydrogen-bond donors (Lipinski definition) is 2. The average molecular weight is 370 g/mol. The van der Waals surface area contributed by atoms with Gasteiger partial charge in [-0.3, -0.25) is 10.1 Å². The Morgan fingerprint density at radius 2 is 1.96 bits per heavy atom. The minimum atomic E-state index is -1.04. The number of aliphatic hydroxyl groups excluding tert-OH is 1. The number of halogens is 2. The van der Waals surface area contributed by atoms with Crippen LogP contribution < -0.4 is 5.32 Å². The quantitative estimate of drug-likeness (QED) is 0.758. The zero-order chi connectivity index (χ0) is 18.8. The Kier molecular flexibility index (Phi) is 5.53. The van der Waals surface area contributed by atoms with Crippen LogP contribution in [0.15, 0.2) is 33.7 Å². The molecule has 8 heteroatoms. The molecule has 136 valence electrons. The molecule has 0 fully saturated rings. The van der Waals surface area contributed by atoms with Crippen LogP contribution in [0.5, 0.6) is 0 Å². The van der Waals surface area contributed by atoms with E-state index in [-0.39, 0.29) is 17.4 Å². The first-order chi connectivity index (χ1) is 11.5. The van der Waals surface area contributed by atoms with Gasteiger partial charge in [-0.1, -0.05) is 19.0 Å². The maximum atomic E-state index is 13.8. The zero-order valence-electron chi connectivity index (χ0n) is 14.4. The Morgan fingerprint density at radius 3 is 2.56 bits per heavy atom. The van der Waals surface area contributed by atoms with Gasteiger partial charge in [-0.05, 0) is 26.0 Å². The second-order valence-electron chi connectivity index (χ2n) is 6.76. The number of anilines is 1. The molecule has 0 bridgehead atoms. The molecule has 0 aliphatic rings. The van der Waals surface area contributed by atoms with Crippen LogP contribution in [-0.2, 0) is 10.2 Å². The molecule has 0 radical (unpaired) electrons. The number of hydrogen-bond acceptors (Lipinski definition) is 5. The molecule has 25 heavy (non-hydrogen) atoms. The SMILES string of the molecule is CC(C)(Sc1ccc(F)cc1F)C(=O)Nc1cc(C(C)(C)CO)no1. The number of nitrogens with one attached hydrogen (secondary N) is 1. The maximum Gasteiger partial charge on any atom is 0.242 e. The van der Waals surface area contributed by atoms with Crippen LogP contribution in [0.4, 0.5) is 14.7 Å². The molecule has 0 spiro atoms. The fourth-order valence-corrected chi connectivity index (χ4v) is 2.86. The Balaban J connectivity index is 2.11. The van der Waals surface area contributed by atoms with Crippen LogP contribution in [-0.4, -0.2) is 27.5 Å². The standard InChI is InChI=1S/C17H20F2N2O3S/c1-16(2,9-22)13-8-14(24-21-13)20-15(23)17(3,4)25-12-6-5-10(18)7-11(12)19/h5-8,22H,9H2,1-4H3,(H,20,23). The van der Waals surface area contributed by atoms with Crippen molar-refractivity contribution >= 4 is 23.6 Å². The smallest absolute Gasteiger partial charge is 0.242 e. The lowest BCUT2D eigenvalue weighted by Crippen LogP contribution is -2.34. The third-order valence-electron chi connectivity index (χ3n) is 3.64. The summed E-state index contributed by atoms with van der Waals surface area (Å²) in [6.45, 7) is 6.68. The van der Waals surface area contributed by atoms with E-state index in [2.05, 4.69) is 10.5 Å². The monoisotopic (exact) mass is 370 g/mol. The van der Waals surface area contributed by atoms with Gasteiger partial charge >= 0.3 is 0 Å². The van der Waals surface area contributed by atoms with Crippen molar-refractivity contribution in [1.29, 1.82) is 0 Å². The first-order valence-electron chi connectivity index (χ1n) is 7.59. The molecule has 0 atom stereocenters. The van der Waals surface area contributed by atoms with E-state index in [0.717, 1.165) is 23.9 Å². The Hall–Kier alpha value is -1.93. The molecule has 5 nitrogen and oxygen atoms in total. The van der Waals surface area contributed by atoms with Gasteiger partial charge in [-0.15, -0.1) is 11.8 Å². The number of nitrogens with zero attached hydrogens (tertiary/aromatic N) is 1. The van der Waals surface area contributed by atoms with Crippen molar-refractivity contribution in [2.75, 3.05) is 11.9 Å². The van der Waals surface area contributed by atoms with E-state index in [1.54, 1.807) is 27.7 Å². The van der Waals surface area contributed by atoms with E-state index in [4.69, 9.17) is 4.52 Å². The lowest BCUT2D eigenvalue weighted by Gasteiger charge is -2.22. The van der Waals surface area contributed by atoms with Gasteiger partial charge in [0.05, 0.1) is 17.0 Å². The molecule has 2 rings (SSSR count). The largest absolute Gasteiger partial charge is 0.395 e. The van der Waals surface area contributed by atoms with Gasteiger partial charge in [0.25, 0.3) is 0 Å². The highest BCUT2D eigenvalue weighted by Gasteiger charge is 2.32. The molecule has 0 aliphatic heterocycles. The van der Waals surface area contributed by atoms with Crippen molar-refractivity contribution in [2.45, 2.75) is 42.8 Å². The minimum absolute atomic E-state index is 0.127. The number of aliphatic hydroxyl groups is 1. The van der Waals surface area contributed by atoms with Crippen LogP contribution in [0.2, 0.25) is 0 Å². The van der Waals surface area contributed by atoms with Crippen molar-refractivity contribution in [3.63, 3.8) is 0 Å². The molecule has 1 amide bonds. The molecule has 1 aromatic heterocycles. The maximum absolute atomic E-state index is 13.8. The summed E-state index contributed by atoms with van der Waals surface area (Å²) in [6.07, 6.45) is 0. The van der Waals surface area contributed by atoms with Crippen LogP contribution in [0.3, 0.4) is 0 Å².